The average Bonchev–Trinajstić information content (AvgIpc) is 2.92. The molecule has 2 aromatic heterocycles. The van der Waals surface area contributed by atoms with Crippen LogP contribution in [0.3, 0.4) is 0 Å². The quantitative estimate of drug-likeness (QED) is 0.586. The van der Waals surface area contributed by atoms with Gasteiger partial charge in [0.2, 0.25) is 0 Å². The zero-order valence-corrected chi connectivity index (χ0v) is 8.83. The molecule has 0 aliphatic heterocycles. The van der Waals surface area contributed by atoms with Gasteiger partial charge in [0, 0.05) is 5.38 Å². The summed E-state index contributed by atoms with van der Waals surface area (Å²) < 4.78 is 4.78. The summed E-state index contributed by atoms with van der Waals surface area (Å²) in [4.78, 5) is 4.14. The molecule has 3 rings (SSSR count). The minimum atomic E-state index is 1.10. The van der Waals surface area contributed by atoms with Gasteiger partial charge < -0.3 is 0 Å². The van der Waals surface area contributed by atoms with Crippen molar-refractivity contribution < 1.29 is 0 Å². The molecule has 3 aromatic rings. The van der Waals surface area contributed by atoms with Crippen molar-refractivity contribution in [1.82, 2.24) is 14.6 Å². The van der Waals surface area contributed by atoms with E-state index in [0.717, 1.165) is 5.52 Å². The Bertz CT molecular complexity index is 428. The first-order chi connectivity index (χ1) is 6.97. The van der Waals surface area contributed by atoms with Crippen molar-refractivity contribution in [3.05, 3.63) is 41.4 Å². The van der Waals surface area contributed by atoms with Crippen LogP contribution in [-0.4, -0.2) is 14.6 Å². The molecule has 14 heavy (non-hydrogen) atoms. The Kier molecular flexibility index (Phi) is 3.15. The highest BCUT2D eigenvalue weighted by molar-refractivity contribution is 7.16. The molecule has 0 saturated carbocycles. The lowest BCUT2D eigenvalue weighted by Crippen LogP contribution is -1.61. The van der Waals surface area contributed by atoms with Gasteiger partial charge in [-0.15, -0.1) is 16.4 Å². The third kappa shape index (κ3) is 2.34. The van der Waals surface area contributed by atoms with Crippen LogP contribution in [-0.2, 0) is 0 Å². The molecule has 0 unspecified atom stereocenters. The van der Waals surface area contributed by atoms with Crippen molar-refractivity contribution in [1.29, 1.82) is 0 Å². The second-order valence-electron chi connectivity index (χ2n) is 2.41. The highest BCUT2D eigenvalue weighted by Crippen LogP contribution is 2.15. The van der Waals surface area contributed by atoms with Gasteiger partial charge in [0.15, 0.2) is 0 Å². The fourth-order valence-corrected chi connectivity index (χ4v) is 1.89. The smallest absolute Gasteiger partial charge is 0.0812 e. The highest BCUT2D eigenvalue weighted by Gasteiger charge is 1.89. The summed E-state index contributed by atoms with van der Waals surface area (Å²) in [7, 11) is 0. The lowest BCUT2D eigenvalue weighted by atomic mass is 10.3. The van der Waals surface area contributed by atoms with Gasteiger partial charge in [0.1, 0.15) is 0 Å². The maximum Gasteiger partial charge on any atom is 0.0812 e. The largest absolute Gasteiger partial charge is 0.245 e. The fraction of sp³-hybridized carbons (Fsp3) is 0. The van der Waals surface area contributed by atoms with Gasteiger partial charge in [0.25, 0.3) is 0 Å². The third-order valence-electron chi connectivity index (χ3n) is 1.52. The number of rotatable bonds is 0. The van der Waals surface area contributed by atoms with Crippen molar-refractivity contribution in [2.45, 2.75) is 0 Å². The highest BCUT2D eigenvalue weighted by atomic mass is 32.1. The molecule has 0 radical (unpaired) electrons. The molecule has 70 valence electrons. The van der Waals surface area contributed by atoms with Gasteiger partial charge in [-0.2, -0.15) is 0 Å². The summed E-state index contributed by atoms with van der Waals surface area (Å²) in [5, 5.41) is 5.31. The van der Waals surface area contributed by atoms with Crippen molar-refractivity contribution in [2.24, 2.45) is 0 Å². The molecule has 0 N–H and O–H groups in total. The maximum atomic E-state index is 4.14. The van der Waals surface area contributed by atoms with E-state index < -0.39 is 0 Å². The molecule has 2 heterocycles. The SMILES string of the molecule is c1ccc2scnc2c1.c1csnn1. The first kappa shape index (κ1) is 9.23. The lowest BCUT2D eigenvalue weighted by molar-refractivity contribution is 1.16. The van der Waals surface area contributed by atoms with Gasteiger partial charge in [-0.25, -0.2) is 4.98 Å². The zero-order valence-electron chi connectivity index (χ0n) is 7.20. The van der Waals surface area contributed by atoms with Crippen LogP contribution in [0.15, 0.2) is 41.4 Å². The van der Waals surface area contributed by atoms with Gasteiger partial charge in [-0.05, 0) is 23.7 Å². The number of hydrogen-bond acceptors (Lipinski definition) is 5. The van der Waals surface area contributed by atoms with E-state index in [0.29, 0.717) is 0 Å². The van der Waals surface area contributed by atoms with Crippen molar-refractivity contribution >= 4 is 33.1 Å². The molecule has 3 nitrogen and oxygen atoms in total. The summed E-state index contributed by atoms with van der Waals surface area (Å²) in [6, 6.07) is 8.13. The third-order valence-corrected chi connectivity index (χ3v) is 2.76. The predicted octanol–water partition coefficient (Wildman–Crippen LogP) is 2.83. The van der Waals surface area contributed by atoms with E-state index >= 15 is 0 Å². The Morgan fingerprint density at radius 2 is 2.07 bits per heavy atom. The topological polar surface area (TPSA) is 38.7 Å². The molecule has 0 spiro atoms. The van der Waals surface area contributed by atoms with E-state index in [1.54, 1.807) is 17.5 Å². The summed E-state index contributed by atoms with van der Waals surface area (Å²) in [6.45, 7) is 0. The molecular weight excluding hydrogens is 214 g/mol. The minimum absolute atomic E-state index is 1.10. The fourth-order valence-electron chi connectivity index (χ4n) is 0.939. The maximum absolute atomic E-state index is 4.14. The molecule has 0 atom stereocenters. The standard InChI is InChI=1S/C7H5NS.C2H2N2S/c1-2-4-7-6(3-1)8-5-9-7;1-2-5-4-3-1/h1-5H;1-2H. The van der Waals surface area contributed by atoms with E-state index in [9.17, 15) is 0 Å². The molecule has 5 heteroatoms. The normalized spacial score (nSPS) is 9.43. The number of nitrogens with zero attached hydrogens (tertiary/aromatic N) is 3. The van der Waals surface area contributed by atoms with Crippen LogP contribution in [0.1, 0.15) is 0 Å². The molecule has 1 aromatic carbocycles. The average molecular weight is 221 g/mol. The number of thiazole rings is 1. The van der Waals surface area contributed by atoms with Crippen LogP contribution in [0.2, 0.25) is 0 Å². The molecule has 0 saturated heterocycles. The number of hydrogen-bond donors (Lipinski definition) is 0. The van der Waals surface area contributed by atoms with Crippen LogP contribution in [0.4, 0.5) is 0 Å². The molecule has 0 fully saturated rings. The first-order valence-electron chi connectivity index (χ1n) is 3.96. The van der Waals surface area contributed by atoms with Gasteiger partial charge >= 0.3 is 0 Å². The molecule has 0 aliphatic rings. The van der Waals surface area contributed by atoms with Gasteiger partial charge in [0.05, 0.1) is 21.9 Å². The molecule has 0 bridgehead atoms. The molecule has 0 aliphatic carbocycles. The Labute approximate surface area is 89.2 Å². The predicted molar refractivity (Wildman–Crippen MR) is 59.5 cm³/mol. The zero-order chi connectivity index (χ0) is 9.64. The van der Waals surface area contributed by atoms with Crippen LogP contribution < -0.4 is 0 Å². The Morgan fingerprint density at radius 3 is 2.71 bits per heavy atom. The van der Waals surface area contributed by atoms with Crippen molar-refractivity contribution in [3.63, 3.8) is 0 Å². The Hall–Kier alpha value is -1.33. The van der Waals surface area contributed by atoms with Gasteiger partial charge in [-0.3, -0.25) is 0 Å². The first-order valence-corrected chi connectivity index (χ1v) is 5.67. The Balaban J connectivity index is 0.000000128. The van der Waals surface area contributed by atoms with Crippen LogP contribution >= 0.6 is 22.9 Å². The summed E-state index contributed by atoms with van der Waals surface area (Å²) in [5.74, 6) is 0. The summed E-state index contributed by atoms with van der Waals surface area (Å²) in [6.07, 6.45) is 1.66. The Morgan fingerprint density at radius 1 is 1.14 bits per heavy atom. The molecule has 0 amide bonds. The molecular formula is C9H7N3S2. The number of aromatic nitrogens is 3. The van der Waals surface area contributed by atoms with E-state index in [-0.39, 0.29) is 0 Å². The van der Waals surface area contributed by atoms with Crippen LogP contribution in [0, 0.1) is 0 Å². The lowest BCUT2D eigenvalue weighted by Gasteiger charge is -1.80. The van der Waals surface area contributed by atoms with E-state index in [4.69, 9.17) is 0 Å². The summed E-state index contributed by atoms with van der Waals surface area (Å²) >= 11 is 3.03. The van der Waals surface area contributed by atoms with E-state index in [1.807, 2.05) is 29.1 Å². The van der Waals surface area contributed by atoms with Crippen LogP contribution in [0.5, 0.6) is 0 Å². The summed E-state index contributed by atoms with van der Waals surface area (Å²) in [5.41, 5.74) is 2.97. The number of benzene rings is 1. The number of fused-ring (bicyclic) bond motifs is 1. The second-order valence-corrected chi connectivity index (χ2v) is 3.94. The monoisotopic (exact) mass is 221 g/mol. The van der Waals surface area contributed by atoms with Crippen molar-refractivity contribution in [3.8, 4) is 0 Å². The van der Waals surface area contributed by atoms with Gasteiger partial charge in [-0.1, -0.05) is 16.6 Å². The van der Waals surface area contributed by atoms with E-state index in [1.165, 1.54) is 16.2 Å². The second kappa shape index (κ2) is 4.78. The van der Waals surface area contributed by atoms with E-state index in [2.05, 4.69) is 20.6 Å². The minimum Gasteiger partial charge on any atom is -0.245 e. The van der Waals surface area contributed by atoms with Crippen LogP contribution in [0.25, 0.3) is 10.2 Å². The van der Waals surface area contributed by atoms with Crippen molar-refractivity contribution in [2.75, 3.05) is 0 Å². The number of para-hydroxylation sites is 1.